The molecule has 1 saturated heterocycles. The van der Waals surface area contributed by atoms with E-state index in [1.54, 1.807) is 29.3 Å². The standard InChI is InChI=1S/C26H24N6O2S/c27-16-18-7-8-28-24(14-18)31-9-11-32(12-10-31)26(34)22(30-25(33)23-6-3-13-35-23)15-19-17-29-21-5-2-1-4-20(19)21/h1-8,13-14,17,22,29H,9-12,15H2,(H,30,33)/t22-/m1/s1. The van der Waals surface area contributed by atoms with E-state index >= 15 is 0 Å². The summed E-state index contributed by atoms with van der Waals surface area (Å²) < 4.78 is 0. The zero-order valence-electron chi connectivity index (χ0n) is 19.0. The zero-order chi connectivity index (χ0) is 24.2. The van der Waals surface area contributed by atoms with Crippen LogP contribution in [0.3, 0.4) is 0 Å². The number of amides is 2. The zero-order valence-corrected chi connectivity index (χ0v) is 19.8. The number of carbonyl (C=O) groups is 2. The average Bonchev–Trinajstić information content (AvgIpc) is 3.59. The van der Waals surface area contributed by atoms with Gasteiger partial charge in [0.1, 0.15) is 11.9 Å². The number of hydrogen-bond donors (Lipinski definition) is 2. The molecule has 2 N–H and O–H groups in total. The van der Waals surface area contributed by atoms with E-state index < -0.39 is 6.04 Å². The van der Waals surface area contributed by atoms with Gasteiger partial charge in [0, 0.05) is 55.9 Å². The number of nitriles is 1. The molecule has 1 aliphatic heterocycles. The number of hydrogen-bond acceptors (Lipinski definition) is 6. The van der Waals surface area contributed by atoms with Gasteiger partial charge in [0.2, 0.25) is 5.91 Å². The number of nitrogens with zero attached hydrogens (tertiary/aromatic N) is 4. The highest BCUT2D eigenvalue weighted by molar-refractivity contribution is 7.12. The first-order valence-electron chi connectivity index (χ1n) is 11.4. The van der Waals surface area contributed by atoms with Gasteiger partial charge in [-0.1, -0.05) is 24.3 Å². The molecule has 35 heavy (non-hydrogen) atoms. The van der Waals surface area contributed by atoms with Crippen molar-refractivity contribution >= 4 is 39.9 Å². The van der Waals surface area contributed by atoms with E-state index in [1.165, 1.54) is 11.3 Å². The van der Waals surface area contributed by atoms with E-state index in [9.17, 15) is 9.59 Å². The second kappa shape index (κ2) is 9.99. The van der Waals surface area contributed by atoms with Crippen LogP contribution in [0.5, 0.6) is 0 Å². The van der Waals surface area contributed by atoms with Crippen molar-refractivity contribution in [1.82, 2.24) is 20.2 Å². The number of pyridine rings is 1. The summed E-state index contributed by atoms with van der Waals surface area (Å²) in [5, 5.41) is 15.0. The van der Waals surface area contributed by atoms with Crippen LogP contribution in [0, 0.1) is 11.3 Å². The molecular weight excluding hydrogens is 460 g/mol. The minimum absolute atomic E-state index is 0.0985. The van der Waals surface area contributed by atoms with E-state index in [2.05, 4.69) is 26.3 Å². The molecule has 1 aromatic carbocycles. The van der Waals surface area contributed by atoms with Crippen molar-refractivity contribution in [2.45, 2.75) is 12.5 Å². The highest BCUT2D eigenvalue weighted by atomic mass is 32.1. The predicted octanol–water partition coefficient (Wildman–Crippen LogP) is 3.19. The van der Waals surface area contributed by atoms with E-state index in [1.807, 2.05) is 41.9 Å². The Labute approximate surface area is 206 Å². The van der Waals surface area contributed by atoms with Crippen LogP contribution in [-0.2, 0) is 11.2 Å². The first-order chi connectivity index (χ1) is 17.1. The SMILES string of the molecule is N#Cc1ccnc(N2CCN(C(=O)[C@@H](Cc3c[nH]c4ccccc34)NC(=O)c3cccs3)CC2)c1. The topological polar surface area (TPSA) is 105 Å². The van der Waals surface area contributed by atoms with Gasteiger partial charge in [0.25, 0.3) is 5.91 Å². The number of thiophene rings is 1. The van der Waals surface area contributed by atoms with Crippen LogP contribution >= 0.6 is 11.3 Å². The van der Waals surface area contributed by atoms with Crippen LogP contribution in [0.2, 0.25) is 0 Å². The third kappa shape index (κ3) is 4.88. The summed E-state index contributed by atoms with van der Waals surface area (Å²) in [7, 11) is 0. The molecular formula is C26H24N6O2S. The van der Waals surface area contributed by atoms with Crippen molar-refractivity contribution in [2.75, 3.05) is 31.1 Å². The number of fused-ring (bicyclic) bond motifs is 1. The molecule has 1 fully saturated rings. The Bertz CT molecular complexity index is 1380. The number of para-hydroxylation sites is 1. The molecule has 4 heterocycles. The fourth-order valence-corrected chi connectivity index (χ4v) is 5.02. The van der Waals surface area contributed by atoms with E-state index in [0.717, 1.165) is 22.3 Å². The molecule has 0 aliphatic carbocycles. The minimum atomic E-state index is -0.685. The summed E-state index contributed by atoms with van der Waals surface area (Å²) in [5.74, 6) is 0.394. The summed E-state index contributed by atoms with van der Waals surface area (Å²) in [6, 6.07) is 16.4. The number of anilines is 1. The largest absolute Gasteiger partial charge is 0.361 e. The van der Waals surface area contributed by atoms with Crippen LogP contribution in [0.15, 0.2) is 66.3 Å². The molecule has 9 heteroatoms. The van der Waals surface area contributed by atoms with Gasteiger partial charge >= 0.3 is 0 Å². The lowest BCUT2D eigenvalue weighted by atomic mass is 10.0. The van der Waals surface area contributed by atoms with Gasteiger partial charge in [-0.05, 0) is 35.2 Å². The Morgan fingerprint density at radius 3 is 2.74 bits per heavy atom. The summed E-state index contributed by atoms with van der Waals surface area (Å²) in [6.45, 7) is 2.23. The van der Waals surface area contributed by atoms with Crippen LogP contribution in [0.25, 0.3) is 10.9 Å². The molecule has 2 amide bonds. The van der Waals surface area contributed by atoms with Gasteiger partial charge in [-0.15, -0.1) is 11.3 Å². The number of rotatable bonds is 6. The highest BCUT2D eigenvalue weighted by Gasteiger charge is 2.30. The number of piperazine rings is 1. The van der Waals surface area contributed by atoms with Gasteiger partial charge < -0.3 is 20.1 Å². The van der Waals surface area contributed by atoms with Gasteiger partial charge in [0.15, 0.2) is 0 Å². The molecule has 3 aromatic heterocycles. The van der Waals surface area contributed by atoms with Gasteiger partial charge in [-0.25, -0.2) is 4.98 Å². The third-order valence-corrected chi connectivity index (χ3v) is 7.11. The number of carbonyl (C=O) groups excluding carboxylic acids is 2. The normalized spacial score (nSPS) is 14.5. The number of nitrogens with one attached hydrogen (secondary N) is 2. The molecule has 1 aliphatic rings. The first-order valence-corrected chi connectivity index (χ1v) is 12.3. The monoisotopic (exact) mass is 484 g/mol. The molecule has 0 unspecified atom stereocenters. The van der Waals surface area contributed by atoms with Gasteiger partial charge in [-0.2, -0.15) is 5.26 Å². The van der Waals surface area contributed by atoms with Crippen molar-refractivity contribution in [1.29, 1.82) is 5.26 Å². The van der Waals surface area contributed by atoms with Crippen LogP contribution in [0.1, 0.15) is 20.8 Å². The molecule has 8 nitrogen and oxygen atoms in total. The molecule has 4 aromatic rings. The Morgan fingerprint density at radius 1 is 1.14 bits per heavy atom. The van der Waals surface area contributed by atoms with Crippen molar-refractivity contribution < 1.29 is 9.59 Å². The van der Waals surface area contributed by atoms with Crippen molar-refractivity contribution in [3.8, 4) is 6.07 Å². The van der Waals surface area contributed by atoms with Crippen LogP contribution in [0.4, 0.5) is 5.82 Å². The smallest absolute Gasteiger partial charge is 0.262 e. The summed E-state index contributed by atoms with van der Waals surface area (Å²) in [6.07, 6.45) is 3.93. The lowest BCUT2D eigenvalue weighted by Crippen LogP contribution is -2.55. The number of benzene rings is 1. The second-order valence-corrected chi connectivity index (χ2v) is 9.34. The first kappa shape index (κ1) is 22.6. The minimum Gasteiger partial charge on any atom is -0.361 e. The third-order valence-electron chi connectivity index (χ3n) is 6.24. The number of aromatic amines is 1. The maximum absolute atomic E-state index is 13.6. The second-order valence-electron chi connectivity index (χ2n) is 8.39. The maximum atomic E-state index is 13.6. The van der Waals surface area contributed by atoms with Gasteiger partial charge in [0.05, 0.1) is 16.5 Å². The predicted molar refractivity (Wildman–Crippen MR) is 135 cm³/mol. The number of aromatic nitrogens is 2. The highest BCUT2D eigenvalue weighted by Crippen LogP contribution is 2.21. The Kier molecular flexibility index (Phi) is 6.46. The lowest BCUT2D eigenvalue weighted by molar-refractivity contribution is -0.133. The fraction of sp³-hybridized carbons (Fsp3) is 0.231. The summed E-state index contributed by atoms with van der Waals surface area (Å²) in [5.41, 5.74) is 2.55. The van der Waals surface area contributed by atoms with Crippen LogP contribution < -0.4 is 10.2 Å². The molecule has 5 rings (SSSR count). The molecule has 176 valence electrons. The molecule has 1 atom stereocenters. The van der Waals surface area contributed by atoms with E-state index in [0.29, 0.717) is 43.0 Å². The van der Waals surface area contributed by atoms with Crippen molar-refractivity contribution in [3.63, 3.8) is 0 Å². The number of H-pyrrole nitrogens is 1. The lowest BCUT2D eigenvalue weighted by Gasteiger charge is -2.37. The average molecular weight is 485 g/mol. The van der Waals surface area contributed by atoms with E-state index in [-0.39, 0.29) is 11.8 Å². The maximum Gasteiger partial charge on any atom is 0.262 e. The van der Waals surface area contributed by atoms with E-state index in [4.69, 9.17) is 5.26 Å². The van der Waals surface area contributed by atoms with Crippen molar-refractivity contribution in [2.24, 2.45) is 0 Å². The molecule has 0 radical (unpaired) electrons. The molecule has 0 bridgehead atoms. The summed E-state index contributed by atoms with van der Waals surface area (Å²) in [4.78, 5) is 38.6. The van der Waals surface area contributed by atoms with Crippen molar-refractivity contribution in [3.05, 3.63) is 82.3 Å². The Morgan fingerprint density at radius 2 is 1.97 bits per heavy atom. The quantitative estimate of drug-likeness (QED) is 0.437. The Hall–Kier alpha value is -4.16. The Balaban J connectivity index is 1.32. The summed E-state index contributed by atoms with van der Waals surface area (Å²) >= 11 is 1.35. The molecule has 0 spiro atoms. The fourth-order valence-electron chi connectivity index (χ4n) is 4.39. The van der Waals surface area contributed by atoms with Crippen LogP contribution in [-0.4, -0.2) is 58.9 Å². The molecule has 0 saturated carbocycles. The van der Waals surface area contributed by atoms with Gasteiger partial charge in [-0.3, -0.25) is 9.59 Å².